The number of imidazole rings is 1. The third-order valence-corrected chi connectivity index (χ3v) is 3.75. The second kappa shape index (κ2) is 5.24. The van der Waals surface area contributed by atoms with Gasteiger partial charge in [-0.1, -0.05) is 44.2 Å². The van der Waals surface area contributed by atoms with E-state index >= 15 is 0 Å². The van der Waals surface area contributed by atoms with Crippen LogP contribution in [0.2, 0.25) is 0 Å². The molecule has 0 spiro atoms. The lowest BCUT2D eigenvalue weighted by atomic mass is 10.0. The minimum Gasteiger partial charge on any atom is -0.383 e. The van der Waals surface area contributed by atoms with Crippen molar-refractivity contribution in [2.24, 2.45) is 5.92 Å². The van der Waals surface area contributed by atoms with Crippen molar-refractivity contribution in [3.05, 3.63) is 53.7 Å². The molecule has 1 aromatic carbocycles. The molecular weight excluding hydrogens is 258 g/mol. The summed E-state index contributed by atoms with van der Waals surface area (Å²) in [6, 6.07) is 12.6. The van der Waals surface area contributed by atoms with Gasteiger partial charge in [0.05, 0.1) is 0 Å². The summed E-state index contributed by atoms with van der Waals surface area (Å²) in [6.45, 7) is 6.52. The van der Waals surface area contributed by atoms with Crippen LogP contribution >= 0.6 is 0 Å². The van der Waals surface area contributed by atoms with Gasteiger partial charge in [0, 0.05) is 11.8 Å². The van der Waals surface area contributed by atoms with E-state index in [0.717, 1.165) is 28.9 Å². The summed E-state index contributed by atoms with van der Waals surface area (Å²) in [6.07, 6.45) is 3.06. The highest BCUT2D eigenvalue weighted by Gasteiger charge is 2.12. The third-order valence-electron chi connectivity index (χ3n) is 3.75. The minimum atomic E-state index is 0.666. The van der Waals surface area contributed by atoms with Crippen LogP contribution in [-0.4, -0.2) is 9.38 Å². The Kier molecular flexibility index (Phi) is 3.42. The lowest BCUT2D eigenvalue weighted by Crippen LogP contribution is -1.95. The SMILES string of the molecule is Cc1cccn2c(N)c(-c3ccc(CC(C)C)cc3)nc12. The van der Waals surface area contributed by atoms with E-state index in [1.165, 1.54) is 5.56 Å². The first-order valence-electron chi connectivity index (χ1n) is 7.38. The summed E-state index contributed by atoms with van der Waals surface area (Å²) in [7, 11) is 0. The van der Waals surface area contributed by atoms with Crippen molar-refractivity contribution in [2.75, 3.05) is 5.73 Å². The van der Waals surface area contributed by atoms with Crippen molar-refractivity contribution in [1.82, 2.24) is 9.38 Å². The van der Waals surface area contributed by atoms with Crippen LogP contribution in [0.3, 0.4) is 0 Å². The molecule has 3 aromatic rings. The minimum absolute atomic E-state index is 0.666. The van der Waals surface area contributed by atoms with E-state index in [9.17, 15) is 0 Å². The van der Waals surface area contributed by atoms with Gasteiger partial charge in [0.2, 0.25) is 0 Å². The number of pyridine rings is 1. The number of anilines is 1. The van der Waals surface area contributed by atoms with Gasteiger partial charge < -0.3 is 5.73 Å². The van der Waals surface area contributed by atoms with Crippen LogP contribution in [0, 0.1) is 12.8 Å². The highest BCUT2D eigenvalue weighted by atomic mass is 15.1. The topological polar surface area (TPSA) is 43.3 Å². The van der Waals surface area contributed by atoms with Gasteiger partial charge in [0.15, 0.2) is 0 Å². The van der Waals surface area contributed by atoms with Crippen molar-refractivity contribution in [1.29, 1.82) is 0 Å². The molecule has 2 N–H and O–H groups in total. The Balaban J connectivity index is 2.04. The predicted molar refractivity (Wildman–Crippen MR) is 88.3 cm³/mol. The van der Waals surface area contributed by atoms with E-state index in [4.69, 9.17) is 10.7 Å². The van der Waals surface area contributed by atoms with Crippen molar-refractivity contribution >= 4 is 11.5 Å². The van der Waals surface area contributed by atoms with Gasteiger partial charge in [-0.05, 0) is 36.5 Å². The number of nitrogens with zero attached hydrogens (tertiary/aromatic N) is 2. The Labute approximate surface area is 125 Å². The Morgan fingerprint density at radius 1 is 1.14 bits per heavy atom. The number of aromatic nitrogens is 2. The summed E-state index contributed by atoms with van der Waals surface area (Å²) < 4.78 is 1.95. The second-order valence-electron chi connectivity index (χ2n) is 6.03. The summed E-state index contributed by atoms with van der Waals surface area (Å²) >= 11 is 0. The highest BCUT2D eigenvalue weighted by molar-refractivity contribution is 5.75. The molecule has 0 unspecified atom stereocenters. The third kappa shape index (κ3) is 2.51. The maximum atomic E-state index is 6.26. The number of fused-ring (bicyclic) bond motifs is 1. The van der Waals surface area contributed by atoms with E-state index in [1.54, 1.807) is 0 Å². The highest BCUT2D eigenvalue weighted by Crippen LogP contribution is 2.28. The average molecular weight is 279 g/mol. The Bertz CT molecular complexity index is 767. The lowest BCUT2D eigenvalue weighted by molar-refractivity contribution is 0.647. The Morgan fingerprint density at radius 3 is 2.48 bits per heavy atom. The molecule has 0 aliphatic rings. The first-order chi connectivity index (χ1) is 10.1. The molecule has 0 bridgehead atoms. The van der Waals surface area contributed by atoms with Gasteiger partial charge >= 0.3 is 0 Å². The van der Waals surface area contributed by atoms with Gasteiger partial charge in [0.25, 0.3) is 0 Å². The molecule has 0 saturated heterocycles. The van der Waals surface area contributed by atoms with E-state index in [1.807, 2.05) is 16.7 Å². The molecule has 3 nitrogen and oxygen atoms in total. The van der Waals surface area contributed by atoms with Crippen LogP contribution in [-0.2, 0) is 6.42 Å². The molecular formula is C18H21N3. The first kappa shape index (κ1) is 13.7. The van der Waals surface area contributed by atoms with Gasteiger partial charge in [-0.2, -0.15) is 0 Å². The largest absolute Gasteiger partial charge is 0.383 e. The van der Waals surface area contributed by atoms with E-state index in [2.05, 4.69) is 51.1 Å². The van der Waals surface area contributed by atoms with Crippen molar-refractivity contribution in [2.45, 2.75) is 27.2 Å². The van der Waals surface area contributed by atoms with Crippen LogP contribution in [0.15, 0.2) is 42.6 Å². The zero-order valence-corrected chi connectivity index (χ0v) is 12.8. The molecule has 2 heterocycles. The number of benzene rings is 1. The first-order valence-corrected chi connectivity index (χ1v) is 7.38. The number of rotatable bonds is 3. The molecule has 0 radical (unpaired) electrons. The van der Waals surface area contributed by atoms with E-state index < -0.39 is 0 Å². The smallest absolute Gasteiger partial charge is 0.142 e. The lowest BCUT2D eigenvalue weighted by Gasteiger charge is -2.06. The maximum absolute atomic E-state index is 6.26. The van der Waals surface area contributed by atoms with Crippen molar-refractivity contribution in [3.63, 3.8) is 0 Å². The average Bonchev–Trinajstić information content (AvgIpc) is 2.78. The zero-order chi connectivity index (χ0) is 15.0. The molecule has 3 heteroatoms. The Morgan fingerprint density at radius 2 is 1.86 bits per heavy atom. The van der Waals surface area contributed by atoms with Crippen LogP contribution in [0.5, 0.6) is 0 Å². The molecule has 3 rings (SSSR count). The molecule has 0 saturated carbocycles. The standard InChI is InChI=1S/C18H21N3/c1-12(2)11-14-6-8-15(9-7-14)16-17(19)21-10-4-5-13(3)18(21)20-16/h4-10,12H,11,19H2,1-3H3. The van der Waals surface area contributed by atoms with Crippen LogP contribution in [0.1, 0.15) is 25.0 Å². The van der Waals surface area contributed by atoms with Gasteiger partial charge in [-0.25, -0.2) is 4.98 Å². The molecule has 0 fully saturated rings. The number of nitrogen functional groups attached to an aromatic ring is 1. The predicted octanol–water partition coefficient (Wildman–Crippen LogP) is 4.09. The number of aryl methyl sites for hydroxylation is 1. The Hall–Kier alpha value is -2.29. The molecule has 0 aliphatic heterocycles. The van der Waals surface area contributed by atoms with Crippen molar-refractivity contribution < 1.29 is 0 Å². The summed E-state index contributed by atoms with van der Waals surface area (Å²) in [4.78, 5) is 4.71. The zero-order valence-electron chi connectivity index (χ0n) is 12.8. The number of hydrogen-bond acceptors (Lipinski definition) is 2. The number of hydrogen-bond donors (Lipinski definition) is 1. The molecule has 0 atom stereocenters. The summed E-state index contributed by atoms with van der Waals surface area (Å²) in [5, 5.41) is 0. The van der Waals surface area contributed by atoms with E-state index in [-0.39, 0.29) is 0 Å². The normalized spacial score (nSPS) is 11.4. The van der Waals surface area contributed by atoms with Gasteiger partial charge in [-0.15, -0.1) is 0 Å². The van der Waals surface area contributed by atoms with Crippen LogP contribution < -0.4 is 5.73 Å². The fourth-order valence-corrected chi connectivity index (χ4v) is 2.70. The van der Waals surface area contributed by atoms with Crippen LogP contribution in [0.25, 0.3) is 16.9 Å². The number of nitrogens with two attached hydrogens (primary N) is 1. The molecule has 0 aliphatic carbocycles. The maximum Gasteiger partial charge on any atom is 0.142 e. The molecule has 21 heavy (non-hydrogen) atoms. The second-order valence-corrected chi connectivity index (χ2v) is 6.03. The van der Waals surface area contributed by atoms with E-state index in [0.29, 0.717) is 11.7 Å². The fraction of sp³-hybridized carbons (Fsp3) is 0.278. The molecule has 2 aromatic heterocycles. The quantitative estimate of drug-likeness (QED) is 0.784. The molecule has 108 valence electrons. The van der Waals surface area contributed by atoms with Gasteiger partial charge in [-0.3, -0.25) is 4.40 Å². The van der Waals surface area contributed by atoms with Crippen LogP contribution in [0.4, 0.5) is 5.82 Å². The monoisotopic (exact) mass is 279 g/mol. The summed E-state index contributed by atoms with van der Waals surface area (Å²) in [5.41, 5.74) is 11.6. The fourth-order valence-electron chi connectivity index (χ4n) is 2.70. The summed E-state index contributed by atoms with van der Waals surface area (Å²) in [5.74, 6) is 1.36. The van der Waals surface area contributed by atoms with Gasteiger partial charge in [0.1, 0.15) is 17.2 Å². The molecule has 0 amide bonds. The van der Waals surface area contributed by atoms with Crippen molar-refractivity contribution in [3.8, 4) is 11.3 Å².